The van der Waals surface area contributed by atoms with E-state index < -0.39 is 11.7 Å². The molecule has 0 bridgehead atoms. The number of hydrogen-bond donors (Lipinski definition) is 1. The normalized spacial score (nSPS) is 14.2. The summed E-state index contributed by atoms with van der Waals surface area (Å²) in [6.07, 6.45) is -3.54. The molecule has 13 heavy (non-hydrogen) atoms. The Balaban J connectivity index is 2.94. The number of halogens is 3. The second-order valence-electron chi connectivity index (χ2n) is 2.76. The summed E-state index contributed by atoms with van der Waals surface area (Å²) in [6.45, 7) is 1.66. The lowest BCUT2D eigenvalue weighted by Gasteiger charge is -2.08. The van der Waals surface area contributed by atoms with Crippen molar-refractivity contribution in [3.63, 3.8) is 0 Å². The van der Waals surface area contributed by atoms with E-state index in [1.54, 1.807) is 6.92 Å². The van der Waals surface area contributed by atoms with Gasteiger partial charge in [-0.05, 0) is 19.1 Å². The molecule has 0 saturated carbocycles. The smallest absolute Gasteiger partial charge is 0.323 e. The molecule has 2 N–H and O–H groups in total. The van der Waals surface area contributed by atoms with Crippen LogP contribution < -0.4 is 5.73 Å². The highest BCUT2D eigenvalue weighted by atomic mass is 19.4. The van der Waals surface area contributed by atoms with Gasteiger partial charge in [0.05, 0.1) is 11.3 Å². The van der Waals surface area contributed by atoms with Crippen LogP contribution in [0.2, 0.25) is 0 Å². The lowest BCUT2D eigenvalue weighted by molar-refractivity contribution is -0.137. The summed E-state index contributed by atoms with van der Waals surface area (Å²) < 4.78 is 36.1. The Morgan fingerprint density at radius 2 is 2.00 bits per heavy atom. The molecule has 0 radical (unpaired) electrons. The van der Waals surface area contributed by atoms with Crippen LogP contribution >= 0.6 is 0 Å². The van der Waals surface area contributed by atoms with Crippen molar-refractivity contribution in [1.29, 1.82) is 0 Å². The summed E-state index contributed by atoms with van der Waals surface area (Å²) >= 11 is 0. The molecule has 1 aromatic heterocycles. The van der Waals surface area contributed by atoms with E-state index in [0.717, 1.165) is 12.3 Å². The van der Waals surface area contributed by atoms with Gasteiger partial charge in [0.1, 0.15) is 0 Å². The first-order valence-corrected chi connectivity index (χ1v) is 3.70. The Hall–Kier alpha value is -1.10. The van der Waals surface area contributed by atoms with Gasteiger partial charge in [0.25, 0.3) is 0 Å². The van der Waals surface area contributed by atoms with Crippen LogP contribution in [0.15, 0.2) is 18.3 Å². The number of nitrogens with two attached hydrogens (primary N) is 1. The van der Waals surface area contributed by atoms with E-state index in [-0.39, 0.29) is 6.04 Å². The van der Waals surface area contributed by atoms with E-state index in [1.165, 1.54) is 6.07 Å². The van der Waals surface area contributed by atoms with Crippen molar-refractivity contribution in [2.24, 2.45) is 5.73 Å². The highest BCUT2D eigenvalue weighted by Gasteiger charge is 2.30. The van der Waals surface area contributed by atoms with E-state index in [1.807, 2.05) is 0 Å². The molecule has 0 aliphatic rings. The molecule has 1 heterocycles. The Bertz CT molecular complexity index is 276. The lowest BCUT2D eigenvalue weighted by Crippen LogP contribution is -2.10. The van der Waals surface area contributed by atoms with Gasteiger partial charge in [-0.2, -0.15) is 13.2 Å². The first-order chi connectivity index (χ1) is 5.91. The van der Waals surface area contributed by atoms with E-state index >= 15 is 0 Å². The molecule has 1 atom stereocenters. The maximum Gasteiger partial charge on any atom is 0.417 e. The van der Waals surface area contributed by atoms with E-state index in [2.05, 4.69) is 4.98 Å². The minimum atomic E-state index is -4.33. The number of aromatic nitrogens is 1. The summed E-state index contributed by atoms with van der Waals surface area (Å²) in [6, 6.07) is 1.92. The number of pyridine rings is 1. The van der Waals surface area contributed by atoms with E-state index in [0.29, 0.717) is 5.69 Å². The highest BCUT2D eigenvalue weighted by molar-refractivity contribution is 5.18. The van der Waals surface area contributed by atoms with Crippen LogP contribution in [0, 0.1) is 0 Å². The van der Waals surface area contributed by atoms with Gasteiger partial charge in [0.15, 0.2) is 0 Å². The first kappa shape index (κ1) is 9.98. The summed E-state index contributed by atoms with van der Waals surface area (Å²) in [4.78, 5) is 3.60. The van der Waals surface area contributed by atoms with Gasteiger partial charge in [-0.3, -0.25) is 4.98 Å². The fourth-order valence-corrected chi connectivity index (χ4v) is 0.842. The quantitative estimate of drug-likeness (QED) is 0.736. The van der Waals surface area contributed by atoms with Crippen LogP contribution in [0.5, 0.6) is 0 Å². The minimum absolute atomic E-state index is 0.345. The monoisotopic (exact) mass is 190 g/mol. The molecule has 0 aliphatic heterocycles. The average Bonchev–Trinajstić information content (AvgIpc) is 2.03. The topological polar surface area (TPSA) is 38.9 Å². The largest absolute Gasteiger partial charge is 0.417 e. The van der Waals surface area contributed by atoms with Crippen LogP contribution in [0.25, 0.3) is 0 Å². The molecule has 0 fully saturated rings. The second-order valence-corrected chi connectivity index (χ2v) is 2.76. The number of rotatable bonds is 1. The Kier molecular flexibility index (Phi) is 2.56. The van der Waals surface area contributed by atoms with Crippen molar-refractivity contribution in [1.82, 2.24) is 4.98 Å². The molecule has 0 amide bonds. The van der Waals surface area contributed by atoms with Crippen LogP contribution in [-0.4, -0.2) is 4.98 Å². The second kappa shape index (κ2) is 3.33. The Labute approximate surface area is 73.6 Å². The summed E-state index contributed by atoms with van der Waals surface area (Å²) in [7, 11) is 0. The zero-order valence-electron chi connectivity index (χ0n) is 6.97. The van der Waals surface area contributed by atoms with Gasteiger partial charge >= 0.3 is 6.18 Å². The van der Waals surface area contributed by atoms with Gasteiger partial charge < -0.3 is 5.73 Å². The zero-order chi connectivity index (χ0) is 10.1. The predicted octanol–water partition coefficient (Wildman–Crippen LogP) is 2.12. The maximum absolute atomic E-state index is 12.0. The molecular weight excluding hydrogens is 181 g/mol. The van der Waals surface area contributed by atoms with Gasteiger partial charge in [0.2, 0.25) is 0 Å². The molecule has 0 aliphatic carbocycles. The van der Waals surface area contributed by atoms with Gasteiger partial charge in [-0.1, -0.05) is 0 Å². The third-order valence-electron chi connectivity index (χ3n) is 1.58. The number of alkyl halides is 3. The van der Waals surface area contributed by atoms with Crippen LogP contribution in [0.3, 0.4) is 0 Å². The van der Waals surface area contributed by atoms with Crippen molar-refractivity contribution in [2.75, 3.05) is 0 Å². The van der Waals surface area contributed by atoms with Crippen molar-refractivity contribution in [3.05, 3.63) is 29.6 Å². The Morgan fingerprint density at radius 3 is 2.31 bits per heavy atom. The third-order valence-corrected chi connectivity index (χ3v) is 1.58. The Morgan fingerprint density at radius 1 is 1.38 bits per heavy atom. The van der Waals surface area contributed by atoms with Crippen molar-refractivity contribution >= 4 is 0 Å². The molecule has 5 heteroatoms. The van der Waals surface area contributed by atoms with Gasteiger partial charge in [-0.25, -0.2) is 0 Å². The molecule has 0 spiro atoms. The highest BCUT2D eigenvalue weighted by Crippen LogP contribution is 2.28. The molecule has 72 valence electrons. The van der Waals surface area contributed by atoms with E-state index in [4.69, 9.17) is 5.73 Å². The molecule has 1 aromatic rings. The summed E-state index contributed by atoms with van der Waals surface area (Å²) in [5.74, 6) is 0. The predicted molar refractivity (Wildman–Crippen MR) is 41.8 cm³/mol. The van der Waals surface area contributed by atoms with Crippen molar-refractivity contribution in [2.45, 2.75) is 19.1 Å². The van der Waals surface area contributed by atoms with Crippen LogP contribution in [0.4, 0.5) is 13.2 Å². The summed E-state index contributed by atoms with van der Waals surface area (Å²) in [5, 5.41) is 0. The number of nitrogens with zero attached hydrogens (tertiary/aromatic N) is 1. The fourth-order valence-electron chi connectivity index (χ4n) is 0.842. The molecular formula is C8H9F3N2. The third kappa shape index (κ3) is 2.42. The van der Waals surface area contributed by atoms with Crippen LogP contribution in [0.1, 0.15) is 24.2 Å². The lowest BCUT2D eigenvalue weighted by atomic mass is 10.2. The standard InChI is InChI=1S/C8H9F3N2/c1-5(12)7-3-2-6(4-13-7)8(9,10)11/h2-5H,12H2,1H3. The fraction of sp³-hybridized carbons (Fsp3) is 0.375. The van der Waals surface area contributed by atoms with Gasteiger partial charge in [0, 0.05) is 12.2 Å². The zero-order valence-corrected chi connectivity index (χ0v) is 6.97. The first-order valence-electron chi connectivity index (χ1n) is 3.70. The van der Waals surface area contributed by atoms with Crippen LogP contribution in [-0.2, 0) is 6.18 Å². The average molecular weight is 190 g/mol. The molecule has 0 aromatic carbocycles. The maximum atomic E-state index is 12.0. The molecule has 1 unspecified atom stereocenters. The van der Waals surface area contributed by atoms with Gasteiger partial charge in [-0.15, -0.1) is 0 Å². The SMILES string of the molecule is CC(N)c1ccc(C(F)(F)F)cn1. The number of hydrogen-bond acceptors (Lipinski definition) is 2. The summed E-state index contributed by atoms with van der Waals surface area (Å²) in [5.41, 5.74) is 5.13. The van der Waals surface area contributed by atoms with Crippen molar-refractivity contribution < 1.29 is 13.2 Å². The van der Waals surface area contributed by atoms with E-state index in [9.17, 15) is 13.2 Å². The minimum Gasteiger partial charge on any atom is -0.323 e. The molecule has 0 saturated heterocycles. The van der Waals surface area contributed by atoms with Crippen molar-refractivity contribution in [3.8, 4) is 0 Å². The molecule has 2 nitrogen and oxygen atoms in total. The molecule has 1 rings (SSSR count).